The fourth-order valence-corrected chi connectivity index (χ4v) is 1.32. The molecule has 0 atom stereocenters. The zero-order chi connectivity index (χ0) is 11.5. The van der Waals surface area contributed by atoms with Crippen molar-refractivity contribution in [2.45, 2.75) is 6.61 Å². The maximum Gasteiger partial charge on any atom is 0.266 e. The van der Waals surface area contributed by atoms with Crippen molar-refractivity contribution in [3.63, 3.8) is 0 Å². The summed E-state index contributed by atoms with van der Waals surface area (Å²) in [5, 5.41) is 0. The lowest BCUT2D eigenvalue weighted by Crippen LogP contribution is -1.98. The number of rotatable bonds is 3. The molecule has 1 N–H and O–H groups in total. The SMILES string of the molecule is Fc1cccc(F)c1OCc1c[nH]c(=S)o1. The van der Waals surface area contributed by atoms with Gasteiger partial charge in [-0.2, -0.15) is 0 Å². The molecule has 0 unspecified atom stereocenters. The molecule has 0 amide bonds. The maximum absolute atomic E-state index is 13.1. The van der Waals surface area contributed by atoms with Crippen LogP contribution < -0.4 is 4.74 Å². The number of nitrogens with one attached hydrogen (secondary N) is 1. The fourth-order valence-electron chi connectivity index (χ4n) is 1.15. The van der Waals surface area contributed by atoms with E-state index >= 15 is 0 Å². The van der Waals surface area contributed by atoms with E-state index in [1.165, 1.54) is 12.3 Å². The van der Waals surface area contributed by atoms with Crippen LogP contribution in [0.3, 0.4) is 0 Å². The van der Waals surface area contributed by atoms with Gasteiger partial charge in [-0.15, -0.1) is 0 Å². The van der Waals surface area contributed by atoms with Crippen molar-refractivity contribution >= 4 is 12.2 Å². The Morgan fingerprint density at radius 1 is 1.31 bits per heavy atom. The van der Waals surface area contributed by atoms with Gasteiger partial charge < -0.3 is 14.1 Å². The number of hydrogen-bond acceptors (Lipinski definition) is 3. The van der Waals surface area contributed by atoms with Gasteiger partial charge in [-0.25, -0.2) is 8.78 Å². The first-order chi connectivity index (χ1) is 7.66. The molecule has 0 saturated carbocycles. The van der Waals surface area contributed by atoms with E-state index in [2.05, 4.69) is 17.2 Å². The minimum absolute atomic E-state index is 0.0923. The summed E-state index contributed by atoms with van der Waals surface area (Å²) in [7, 11) is 0. The standard InChI is InChI=1S/C10H7F2NO2S/c11-7-2-1-3-8(12)9(7)14-5-6-4-13-10(16)15-6/h1-4H,5H2,(H,13,16). The predicted molar refractivity (Wildman–Crippen MR) is 54.6 cm³/mol. The number of oxazole rings is 1. The first-order valence-corrected chi connectivity index (χ1v) is 4.82. The summed E-state index contributed by atoms with van der Waals surface area (Å²) in [5.41, 5.74) is 0. The molecule has 0 fully saturated rings. The summed E-state index contributed by atoms with van der Waals surface area (Å²) in [6.45, 7) is -0.0923. The van der Waals surface area contributed by atoms with Gasteiger partial charge in [0.2, 0.25) is 0 Å². The van der Waals surface area contributed by atoms with Crippen LogP contribution in [0.1, 0.15) is 5.76 Å². The average Bonchev–Trinajstić information content (AvgIpc) is 2.63. The van der Waals surface area contributed by atoms with Gasteiger partial charge in [0.05, 0.1) is 0 Å². The Balaban J connectivity index is 2.13. The van der Waals surface area contributed by atoms with Crippen molar-refractivity contribution in [1.82, 2.24) is 4.98 Å². The second-order valence-electron chi connectivity index (χ2n) is 2.98. The van der Waals surface area contributed by atoms with Crippen LogP contribution in [0.2, 0.25) is 0 Å². The quantitative estimate of drug-likeness (QED) is 0.841. The van der Waals surface area contributed by atoms with Crippen LogP contribution >= 0.6 is 12.2 Å². The minimum atomic E-state index is -0.755. The zero-order valence-corrected chi connectivity index (χ0v) is 8.81. The normalized spacial score (nSPS) is 10.4. The van der Waals surface area contributed by atoms with E-state index in [1.807, 2.05) is 0 Å². The summed E-state index contributed by atoms with van der Waals surface area (Å²) < 4.78 is 36.2. The number of benzene rings is 1. The number of aromatic nitrogens is 1. The Hall–Kier alpha value is -1.69. The molecule has 0 aliphatic heterocycles. The number of aromatic amines is 1. The molecule has 1 aromatic carbocycles. The fraction of sp³-hybridized carbons (Fsp3) is 0.100. The van der Waals surface area contributed by atoms with E-state index < -0.39 is 17.4 Å². The zero-order valence-electron chi connectivity index (χ0n) is 8.00. The van der Waals surface area contributed by atoms with E-state index in [9.17, 15) is 8.78 Å². The van der Waals surface area contributed by atoms with Crippen molar-refractivity contribution in [3.8, 4) is 5.75 Å². The van der Waals surface area contributed by atoms with E-state index in [1.54, 1.807) is 0 Å². The van der Waals surface area contributed by atoms with E-state index in [0.29, 0.717) is 5.76 Å². The van der Waals surface area contributed by atoms with Gasteiger partial charge >= 0.3 is 0 Å². The predicted octanol–water partition coefficient (Wildman–Crippen LogP) is 3.19. The maximum atomic E-state index is 13.1. The molecular weight excluding hydrogens is 236 g/mol. The third-order valence-corrected chi connectivity index (χ3v) is 2.05. The topological polar surface area (TPSA) is 38.2 Å². The summed E-state index contributed by atoms with van der Waals surface area (Å²) in [6.07, 6.45) is 1.47. The van der Waals surface area contributed by atoms with Crippen LogP contribution in [0.25, 0.3) is 0 Å². The first-order valence-electron chi connectivity index (χ1n) is 4.41. The first kappa shape index (κ1) is 10.8. The highest BCUT2D eigenvalue weighted by atomic mass is 32.1. The minimum Gasteiger partial charge on any atom is -0.479 e. The molecular formula is C10H7F2NO2S. The van der Waals surface area contributed by atoms with Gasteiger partial charge in [0, 0.05) is 6.20 Å². The monoisotopic (exact) mass is 243 g/mol. The van der Waals surface area contributed by atoms with Gasteiger partial charge in [0.15, 0.2) is 23.1 Å². The second-order valence-corrected chi connectivity index (χ2v) is 3.35. The molecule has 0 spiro atoms. The van der Waals surface area contributed by atoms with Crippen molar-refractivity contribution in [2.24, 2.45) is 0 Å². The number of ether oxygens (including phenoxy) is 1. The van der Waals surface area contributed by atoms with Crippen LogP contribution in [-0.2, 0) is 6.61 Å². The Morgan fingerprint density at radius 2 is 2.00 bits per heavy atom. The molecule has 1 aromatic heterocycles. The lowest BCUT2D eigenvalue weighted by atomic mass is 10.3. The summed E-state index contributed by atoms with van der Waals surface area (Å²) in [6, 6.07) is 3.50. The van der Waals surface area contributed by atoms with E-state index in [0.717, 1.165) is 12.1 Å². The Kier molecular flexibility index (Phi) is 3.00. The number of halogens is 2. The molecule has 2 aromatic rings. The van der Waals surface area contributed by atoms with Crippen LogP contribution in [0.15, 0.2) is 28.8 Å². The number of para-hydroxylation sites is 1. The molecule has 0 saturated heterocycles. The molecule has 0 radical (unpaired) electrons. The lowest BCUT2D eigenvalue weighted by molar-refractivity contribution is 0.245. The summed E-state index contributed by atoms with van der Waals surface area (Å²) in [4.78, 5) is 2.80. The molecule has 0 aliphatic carbocycles. The summed E-state index contributed by atoms with van der Waals surface area (Å²) in [5.74, 6) is -1.57. The van der Waals surface area contributed by atoms with Crippen LogP contribution in [-0.4, -0.2) is 4.98 Å². The van der Waals surface area contributed by atoms with Crippen LogP contribution in [0.5, 0.6) is 5.75 Å². The van der Waals surface area contributed by atoms with Gasteiger partial charge in [0.25, 0.3) is 4.84 Å². The highest BCUT2D eigenvalue weighted by Crippen LogP contribution is 2.21. The van der Waals surface area contributed by atoms with Crippen molar-refractivity contribution in [3.05, 3.63) is 46.6 Å². The molecule has 6 heteroatoms. The molecule has 16 heavy (non-hydrogen) atoms. The highest BCUT2D eigenvalue weighted by molar-refractivity contribution is 7.71. The average molecular weight is 243 g/mol. The molecule has 2 rings (SSSR count). The van der Waals surface area contributed by atoms with Crippen molar-refractivity contribution in [1.29, 1.82) is 0 Å². The van der Waals surface area contributed by atoms with Crippen molar-refractivity contribution in [2.75, 3.05) is 0 Å². The Bertz CT molecular complexity index is 529. The number of hydrogen-bond donors (Lipinski definition) is 1. The smallest absolute Gasteiger partial charge is 0.266 e. The number of H-pyrrole nitrogens is 1. The van der Waals surface area contributed by atoms with Crippen molar-refractivity contribution < 1.29 is 17.9 Å². The molecule has 84 valence electrons. The highest BCUT2D eigenvalue weighted by Gasteiger charge is 2.10. The molecule has 3 nitrogen and oxygen atoms in total. The van der Waals surface area contributed by atoms with Gasteiger partial charge in [0.1, 0.15) is 6.61 Å². The largest absolute Gasteiger partial charge is 0.479 e. The van der Waals surface area contributed by atoms with E-state index in [4.69, 9.17) is 9.15 Å². The molecule has 1 heterocycles. The van der Waals surface area contributed by atoms with Gasteiger partial charge in [-0.1, -0.05) is 6.07 Å². The van der Waals surface area contributed by atoms with Gasteiger partial charge in [-0.05, 0) is 24.4 Å². The second kappa shape index (κ2) is 4.44. The van der Waals surface area contributed by atoms with Gasteiger partial charge in [-0.3, -0.25) is 0 Å². The third kappa shape index (κ3) is 2.27. The lowest BCUT2D eigenvalue weighted by Gasteiger charge is -2.05. The summed E-state index contributed by atoms with van der Waals surface area (Å²) >= 11 is 4.69. The molecule has 0 aliphatic rings. The van der Waals surface area contributed by atoms with Crippen LogP contribution in [0, 0.1) is 16.5 Å². The Labute approximate surface area is 94.7 Å². The van der Waals surface area contributed by atoms with Crippen LogP contribution in [0.4, 0.5) is 8.78 Å². The third-order valence-electron chi connectivity index (χ3n) is 1.85. The Morgan fingerprint density at radius 3 is 2.56 bits per heavy atom. The molecule has 0 bridgehead atoms. The van der Waals surface area contributed by atoms with E-state index in [-0.39, 0.29) is 11.4 Å².